The second-order valence-electron chi connectivity index (χ2n) is 2.89. The van der Waals surface area contributed by atoms with Crippen LogP contribution in [0.4, 0.5) is 0 Å². The third-order valence-electron chi connectivity index (χ3n) is 2.05. The molecule has 2 atom stereocenters. The highest BCUT2D eigenvalue weighted by Crippen LogP contribution is 2.09. The molecule has 0 saturated carbocycles. The Morgan fingerprint density at radius 1 is 1.80 bits per heavy atom. The number of nitrogens with one attached hydrogen (secondary N) is 1. The van der Waals surface area contributed by atoms with Gasteiger partial charge in [0.25, 0.3) is 0 Å². The quantitative estimate of drug-likeness (QED) is 0.565. The average Bonchev–Trinajstić information content (AvgIpc) is 2.38. The number of hydrogen-bond donors (Lipinski definition) is 2. The van der Waals surface area contributed by atoms with Crippen LogP contribution in [-0.4, -0.2) is 18.6 Å². The summed E-state index contributed by atoms with van der Waals surface area (Å²) in [5.41, 5.74) is 5.86. The van der Waals surface area contributed by atoms with E-state index in [-0.39, 0.29) is 6.04 Å². The molecule has 0 aromatic heterocycles. The molecule has 0 aromatic carbocycles. The summed E-state index contributed by atoms with van der Waals surface area (Å²) in [6.07, 6.45) is 5.33. The van der Waals surface area contributed by atoms with Gasteiger partial charge in [-0.2, -0.15) is 0 Å². The Morgan fingerprint density at radius 2 is 2.60 bits per heavy atom. The van der Waals surface area contributed by atoms with Gasteiger partial charge in [0.15, 0.2) is 0 Å². The van der Waals surface area contributed by atoms with Crippen molar-refractivity contribution in [2.24, 2.45) is 5.73 Å². The van der Waals surface area contributed by atoms with Crippen LogP contribution in [0.5, 0.6) is 0 Å². The van der Waals surface area contributed by atoms with E-state index in [2.05, 4.69) is 11.9 Å². The van der Waals surface area contributed by atoms with Gasteiger partial charge < -0.3 is 11.1 Å². The normalized spacial score (nSPS) is 28.3. The fourth-order valence-corrected chi connectivity index (χ4v) is 1.43. The van der Waals surface area contributed by atoms with Gasteiger partial charge in [-0.15, -0.1) is 6.58 Å². The highest BCUT2D eigenvalue weighted by Gasteiger charge is 2.19. The first-order valence-electron chi connectivity index (χ1n) is 3.94. The summed E-state index contributed by atoms with van der Waals surface area (Å²) >= 11 is 0. The predicted octanol–water partition coefficient (Wildman–Crippen LogP) is 0.642. The molecule has 2 heteroatoms. The largest absolute Gasteiger partial charge is 0.326 e. The highest BCUT2D eigenvalue weighted by molar-refractivity contribution is 4.88. The highest BCUT2D eigenvalue weighted by atomic mass is 15.0. The van der Waals surface area contributed by atoms with Crippen LogP contribution >= 0.6 is 0 Å². The maximum absolute atomic E-state index is 5.86. The zero-order valence-corrected chi connectivity index (χ0v) is 6.34. The van der Waals surface area contributed by atoms with Crippen molar-refractivity contribution in [1.29, 1.82) is 0 Å². The lowest BCUT2D eigenvalue weighted by atomic mass is 10.0. The molecule has 1 aliphatic heterocycles. The Bertz CT molecular complexity index is 106. The molecule has 0 amide bonds. The molecule has 58 valence electrons. The lowest BCUT2D eigenvalue weighted by Crippen LogP contribution is -2.40. The molecule has 10 heavy (non-hydrogen) atoms. The summed E-state index contributed by atoms with van der Waals surface area (Å²) < 4.78 is 0. The van der Waals surface area contributed by atoms with Gasteiger partial charge in [0.2, 0.25) is 0 Å². The molecule has 1 saturated heterocycles. The first-order chi connectivity index (χ1) is 4.84. The third kappa shape index (κ3) is 1.82. The minimum Gasteiger partial charge on any atom is -0.326 e. The van der Waals surface area contributed by atoms with Gasteiger partial charge in [0.05, 0.1) is 0 Å². The van der Waals surface area contributed by atoms with Crippen molar-refractivity contribution >= 4 is 0 Å². The zero-order valence-electron chi connectivity index (χ0n) is 6.34. The molecule has 0 unspecified atom stereocenters. The second kappa shape index (κ2) is 3.74. The van der Waals surface area contributed by atoms with Crippen LogP contribution < -0.4 is 11.1 Å². The topological polar surface area (TPSA) is 38.0 Å². The van der Waals surface area contributed by atoms with Crippen LogP contribution in [0.2, 0.25) is 0 Å². The molecule has 0 radical (unpaired) electrons. The number of nitrogens with two attached hydrogens (primary N) is 1. The monoisotopic (exact) mass is 140 g/mol. The van der Waals surface area contributed by atoms with E-state index in [1.165, 1.54) is 12.8 Å². The Balaban J connectivity index is 2.24. The Morgan fingerprint density at radius 3 is 3.10 bits per heavy atom. The molecule has 1 heterocycles. The standard InChI is InChI=1S/C8H16N2/c1-2-4-7(9)8-5-3-6-10-8/h2,7-8,10H,1,3-6,9H2/t7-,8+/m1/s1. The van der Waals surface area contributed by atoms with Gasteiger partial charge in [-0.05, 0) is 25.8 Å². The van der Waals surface area contributed by atoms with Gasteiger partial charge in [-0.3, -0.25) is 0 Å². The summed E-state index contributed by atoms with van der Waals surface area (Å²) in [5.74, 6) is 0. The van der Waals surface area contributed by atoms with Crippen molar-refractivity contribution in [2.75, 3.05) is 6.54 Å². The SMILES string of the molecule is C=CC[C@@H](N)[C@@H]1CCCN1. The molecule has 1 fully saturated rings. The molecule has 3 N–H and O–H groups in total. The van der Waals surface area contributed by atoms with Gasteiger partial charge in [-0.1, -0.05) is 6.08 Å². The lowest BCUT2D eigenvalue weighted by Gasteiger charge is -2.16. The minimum atomic E-state index is 0.278. The maximum Gasteiger partial charge on any atom is 0.0229 e. The second-order valence-corrected chi connectivity index (χ2v) is 2.89. The zero-order chi connectivity index (χ0) is 7.40. The van der Waals surface area contributed by atoms with Crippen LogP contribution in [-0.2, 0) is 0 Å². The Kier molecular flexibility index (Phi) is 2.90. The van der Waals surface area contributed by atoms with Gasteiger partial charge in [0, 0.05) is 12.1 Å². The summed E-state index contributed by atoms with van der Waals surface area (Å²) in [6.45, 7) is 4.80. The first kappa shape index (κ1) is 7.76. The minimum absolute atomic E-state index is 0.278. The van der Waals surface area contributed by atoms with E-state index in [1.807, 2.05) is 6.08 Å². The van der Waals surface area contributed by atoms with E-state index in [9.17, 15) is 0 Å². The summed E-state index contributed by atoms with van der Waals surface area (Å²) in [4.78, 5) is 0. The van der Waals surface area contributed by atoms with Crippen LogP contribution in [0.3, 0.4) is 0 Å². The molecule has 2 nitrogen and oxygen atoms in total. The summed E-state index contributed by atoms with van der Waals surface area (Å²) in [6, 6.07) is 0.818. The fraction of sp³-hybridized carbons (Fsp3) is 0.750. The average molecular weight is 140 g/mol. The van der Waals surface area contributed by atoms with Gasteiger partial charge in [-0.25, -0.2) is 0 Å². The van der Waals surface area contributed by atoms with E-state index >= 15 is 0 Å². The number of rotatable bonds is 3. The number of hydrogen-bond acceptors (Lipinski definition) is 2. The van der Waals surface area contributed by atoms with E-state index < -0.39 is 0 Å². The van der Waals surface area contributed by atoms with Gasteiger partial charge >= 0.3 is 0 Å². The molecule has 0 aromatic rings. The van der Waals surface area contributed by atoms with Crippen molar-refractivity contribution in [1.82, 2.24) is 5.32 Å². The van der Waals surface area contributed by atoms with E-state index in [0.29, 0.717) is 6.04 Å². The summed E-state index contributed by atoms with van der Waals surface area (Å²) in [5, 5.41) is 3.37. The van der Waals surface area contributed by atoms with Gasteiger partial charge in [0.1, 0.15) is 0 Å². The van der Waals surface area contributed by atoms with Crippen LogP contribution in [0.15, 0.2) is 12.7 Å². The third-order valence-corrected chi connectivity index (χ3v) is 2.05. The van der Waals surface area contributed by atoms with E-state index in [4.69, 9.17) is 5.73 Å². The van der Waals surface area contributed by atoms with Crippen LogP contribution in [0, 0.1) is 0 Å². The molecular formula is C8H16N2. The van der Waals surface area contributed by atoms with Crippen LogP contribution in [0.25, 0.3) is 0 Å². The molecule has 0 aliphatic carbocycles. The van der Waals surface area contributed by atoms with Crippen LogP contribution in [0.1, 0.15) is 19.3 Å². The Hall–Kier alpha value is -0.340. The molecule has 0 spiro atoms. The molecule has 1 rings (SSSR count). The first-order valence-corrected chi connectivity index (χ1v) is 3.94. The predicted molar refractivity (Wildman–Crippen MR) is 43.8 cm³/mol. The van der Waals surface area contributed by atoms with Crippen molar-refractivity contribution < 1.29 is 0 Å². The van der Waals surface area contributed by atoms with Crippen molar-refractivity contribution in [3.63, 3.8) is 0 Å². The van der Waals surface area contributed by atoms with Crippen molar-refractivity contribution in [3.8, 4) is 0 Å². The molecule has 0 bridgehead atoms. The van der Waals surface area contributed by atoms with E-state index in [0.717, 1.165) is 13.0 Å². The molecular weight excluding hydrogens is 124 g/mol. The lowest BCUT2D eigenvalue weighted by molar-refractivity contribution is 0.487. The maximum atomic E-state index is 5.86. The van der Waals surface area contributed by atoms with Crippen molar-refractivity contribution in [2.45, 2.75) is 31.3 Å². The smallest absolute Gasteiger partial charge is 0.0229 e. The Labute approximate surface area is 62.5 Å². The summed E-state index contributed by atoms with van der Waals surface area (Å²) in [7, 11) is 0. The fourth-order valence-electron chi connectivity index (χ4n) is 1.43. The van der Waals surface area contributed by atoms with Crippen molar-refractivity contribution in [3.05, 3.63) is 12.7 Å². The van der Waals surface area contributed by atoms with E-state index in [1.54, 1.807) is 0 Å². The molecule has 1 aliphatic rings.